The van der Waals surface area contributed by atoms with Gasteiger partial charge in [0, 0.05) is 37.6 Å². The van der Waals surface area contributed by atoms with Crippen molar-refractivity contribution >= 4 is 59.0 Å². The zero-order valence-corrected chi connectivity index (χ0v) is 23.6. The second kappa shape index (κ2) is 9.31. The zero-order chi connectivity index (χ0) is 27.6. The van der Waals surface area contributed by atoms with Gasteiger partial charge < -0.3 is 9.88 Å². The van der Waals surface area contributed by atoms with Crippen molar-refractivity contribution in [1.82, 2.24) is 9.88 Å². The highest BCUT2D eigenvalue weighted by atomic mass is 32.1. The first kappa shape index (κ1) is 23.8. The highest BCUT2D eigenvalue weighted by Crippen LogP contribution is 2.43. The van der Waals surface area contributed by atoms with Crippen LogP contribution < -0.4 is 10.6 Å². The fraction of sp³-hybridized carbons (Fsp3) is 0.0526. The maximum atomic E-state index is 3.92. The molecule has 2 atom stereocenters. The van der Waals surface area contributed by atoms with E-state index in [-0.39, 0.29) is 12.2 Å². The van der Waals surface area contributed by atoms with Crippen molar-refractivity contribution in [3.8, 4) is 5.69 Å². The van der Waals surface area contributed by atoms with Crippen LogP contribution in [0.15, 0.2) is 140 Å². The van der Waals surface area contributed by atoms with Gasteiger partial charge in [-0.15, -0.1) is 11.3 Å². The summed E-state index contributed by atoms with van der Waals surface area (Å²) < 4.78 is 5.13. The molecule has 0 bridgehead atoms. The lowest BCUT2D eigenvalue weighted by Gasteiger charge is -2.35. The molecule has 0 fully saturated rings. The van der Waals surface area contributed by atoms with Gasteiger partial charge in [0.15, 0.2) is 0 Å². The second-order valence-corrected chi connectivity index (χ2v) is 12.1. The standard InChI is InChI=1S/C38H27N3S/c1-2-11-24(12-3-1)35-31-17-4-7-18-32(31)39-38(40-35)25-13-10-14-26(23-25)41-33-19-8-5-15-27(33)29-21-22-30-28-16-6-9-20-34(28)42-37(30)36(29)41/h1-23,35,38-40H. The molecule has 2 unspecified atom stereocenters. The molecule has 1 aliphatic heterocycles. The summed E-state index contributed by atoms with van der Waals surface area (Å²) >= 11 is 1.89. The molecule has 3 heterocycles. The summed E-state index contributed by atoms with van der Waals surface area (Å²) in [5.74, 6) is 0. The van der Waals surface area contributed by atoms with Crippen LogP contribution in [0.25, 0.3) is 47.7 Å². The Bertz CT molecular complexity index is 2280. The molecule has 0 amide bonds. The topological polar surface area (TPSA) is 29.0 Å². The van der Waals surface area contributed by atoms with Crippen LogP contribution in [-0.4, -0.2) is 4.57 Å². The van der Waals surface area contributed by atoms with Gasteiger partial charge in [0.2, 0.25) is 0 Å². The lowest BCUT2D eigenvalue weighted by molar-refractivity contribution is 0.506. The van der Waals surface area contributed by atoms with Gasteiger partial charge in [-0.05, 0) is 47.0 Å². The highest BCUT2D eigenvalue weighted by Gasteiger charge is 2.28. The van der Waals surface area contributed by atoms with Crippen LogP contribution in [0.2, 0.25) is 0 Å². The van der Waals surface area contributed by atoms with Crippen molar-refractivity contribution in [2.45, 2.75) is 12.2 Å². The molecule has 2 N–H and O–H groups in total. The van der Waals surface area contributed by atoms with Crippen LogP contribution in [0.1, 0.15) is 28.9 Å². The van der Waals surface area contributed by atoms with E-state index >= 15 is 0 Å². The van der Waals surface area contributed by atoms with Crippen LogP contribution in [-0.2, 0) is 0 Å². The normalized spacial score (nSPS) is 16.7. The van der Waals surface area contributed by atoms with Gasteiger partial charge in [0.1, 0.15) is 6.17 Å². The van der Waals surface area contributed by atoms with E-state index in [9.17, 15) is 0 Å². The first-order valence-electron chi connectivity index (χ1n) is 14.4. The summed E-state index contributed by atoms with van der Waals surface area (Å²) in [6.45, 7) is 0. The maximum absolute atomic E-state index is 3.92. The molecule has 0 spiro atoms. The number of benzene rings is 6. The number of thiophene rings is 1. The number of aromatic nitrogens is 1. The van der Waals surface area contributed by atoms with Gasteiger partial charge in [-0.1, -0.05) is 109 Å². The molecule has 9 rings (SSSR count). The Morgan fingerprint density at radius 2 is 1.31 bits per heavy atom. The Hall–Kier alpha value is -4.90. The first-order valence-corrected chi connectivity index (χ1v) is 15.3. The van der Waals surface area contributed by atoms with Gasteiger partial charge in [-0.3, -0.25) is 5.32 Å². The molecular weight excluding hydrogens is 531 g/mol. The summed E-state index contributed by atoms with van der Waals surface area (Å²) in [5, 5.41) is 12.9. The maximum Gasteiger partial charge on any atom is 0.104 e. The van der Waals surface area contributed by atoms with Crippen molar-refractivity contribution in [2.75, 3.05) is 5.32 Å². The summed E-state index contributed by atoms with van der Waals surface area (Å²) in [7, 11) is 0. The Morgan fingerprint density at radius 1 is 0.571 bits per heavy atom. The van der Waals surface area contributed by atoms with Gasteiger partial charge in [-0.25, -0.2) is 0 Å². The van der Waals surface area contributed by atoms with Crippen LogP contribution in [0.5, 0.6) is 0 Å². The molecule has 200 valence electrons. The third-order valence-electron chi connectivity index (χ3n) is 8.68. The Labute approximate surface area is 247 Å². The van der Waals surface area contributed by atoms with E-state index in [4.69, 9.17) is 0 Å². The lowest BCUT2D eigenvalue weighted by atomic mass is 9.93. The number of fused-ring (bicyclic) bond motifs is 8. The first-order chi connectivity index (χ1) is 20.8. The molecular formula is C38H27N3S. The molecule has 8 aromatic rings. The number of para-hydroxylation sites is 2. The fourth-order valence-corrected chi connectivity index (χ4v) is 8.02. The second-order valence-electron chi connectivity index (χ2n) is 11.1. The molecule has 3 nitrogen and oxygen atoms in total. The van der Waals surface area contributed by atoms with Gasteiger partial charge in [0.25, 0.3) is 0 Å². The summed E-state index contributed by atoms with van der Waals surface area (Å²) in [5.41, 5.74) is 8.59. The molecule has 0 saturated carbocycles. The molecule has 6 aromatic carbocycles. The lowest BCUT2D eigenvalue weighted by Crippen LogP contribution is -2.37. The number of hydrogen-bond acceptors (Lipinski definition) is 3. The smallest absolute Gasteiger partial charge is 0.104 e. The quantitative estimate of drug-likeness (QED) is 0.226. The summed E-state index contributed by atoms with van der Waals surface area (Å²) in [6.07, 6.45) is -0.0394. The predicted octanol–water partition coefficient (Wildman–Crippen LogP) is 9.95. The van der Waals surface area contributed by atoms with Crippen molar-refractivity contribution in [1.29, 1.82) is 0 Å². The van der Waals surface area contributed by atoms with E-state index in [1.807, 2.05) is 11.3 Å². The van der Waals surface area contributed by atoms with Crippen LogP contribution in [0.4, 0.5) is 5.69 Å². The molecule has 0 radical (unpaired) electrons. The van der Waals surface area contributed by atoms with Crippen molar-refractivity contribution in [3.05, 3.63) is 156 Å². The summed E-state index contributed by atoms with van der Waals surface area (Å²) in [6, 6.07) is 50.7. The number of nitrogens with zero attached hydrogens (tertiary/aromatic N) is 1. The summed E-state index contributed by atoms with van der Waals surface area (Å²) in [4.78, 5) is 0. The Kier molecular flexibility index (Phi) is 5.27. The molecule has 42 heavy (non-hydrogen) atoms. The number of hydrogen-bond donors (Lipinski definition) is 2. The van der Waals surface area contributed by atoms with Crippen LogP contribution in [0.3, 0.4) is 0 Å². The van der Waals surface area contributed by atoms with Crippen LogP contribution >= 0.6 is 11.3 Å². The SMILES string of the molecule is c1ccc(C2NC(c3cccc(-n4c5ccccc5c5ccc6c7ccccc7sc6c54)c3)Nc3ccccc32)cc1. The van der Waals surface area contributed by atoms with E-state index in [1.165, 1.54) is 70.0 Å². The largest absolute Gasteiger partial charge is 0.366 e. The van der Waals surface area contributed by atoms with Gasteiger partial charge in [-0.2, -0.15) is 0 Å². The zero-order valence-electron chi connectivity index (χ0n) is 22.8. The minimum absolute atomic E-state index is 0.0394. The minimum Gasteiger partial charge on any atom is -0.366 e. The third-order valence-corrected chi connectivity index (χ3v) is 9.87. The number of rotatable bonds is 3. The highest BCUT2D eigenvalue weighted by molar-refractivity contribution is 7.26. The van der Waals surface area contributed by atoms with Crippen LogP contribution in [0, 0.1) is 0 Å². The molecule has 0 aliphatic carbocycles. The third kappa shape index (κ3) is 3.56. The number of anilines is 1. The van der Waals surface area contributed by atoms with E-state index in [2.05, 4.69) is 155 Å². The van der Waals surface area contributed by atoms with Gasteiger partial charge in [0.05, 0.1) is 21.8 Å². The minimum atomic E-state index is -0.0394. The molecule has 0 saturated heterocycles. The van der Waals surface area contributed by atoms with Gasteiger partial charge >= 0.3 is 0 Å². The monoisotopic (exact) mass is 557 g/mol. The fourth-order valence-electron chi connectivity index (χ4n) is 6.78. The predicted molar refractivity (Wildman–Crippen MR) is 178 cm³/mol. The molecule has 1 aliphatic rings. The van der Waals surface area contributed by atoms with Crippen molar-refractivity contribution in [3.63, 3.8) is 0 Å². The van der Waals surface area contributed by atoms with E-state index < -0.39 is 0 Å². The number of nitrogens with one attached hydrogen (secondary N) is 2. The average molecular weight is 558 g/mol. The molecule has 4 heteroatoms. The van der Waals surface area contributed by atoms with E-state index in [0.717, 1.165) is 0 Å². The van der Waals surface area contributed by atoms with E-state index in [0.29, 0.717) is 0 Å². The molecule has 2 aromatic heterocycles. The van der Waals surface area contributed by atoms with Crippen molar-refractivity contribution < 1.29 is 0 Å². The average Bonchev–Trinajstić information content (AvgIpc) is 3.61. The Morgan fingerprint density at radius 3 is 2.24 bits per heavy atom. The van der Waals surface area contributed by atoms with E-state index in [1.54, 1.807) is 0 Å². The Balaban J connectivity index is 1.24. The van der Waals surface area contributed by atoms with Crippen molar-refractivity contribution in [2.24, 2.45) is 0 Å².